The summed E-state index contributed by atoms with van der Waals surface area (Å²) in [5, 5.41) is 17.8. The van der Waals surface area contributed by atoms with Crippen molar-refractivity contribution in [2.24, 2.45) is 5.92 Å². The number of aliphatic hydroxyl groups excluding tert-OH is 1. The van der Waals surface area contributed by atoms with Gasteiger partial charge >= 0.3 is 0 Å². The fraction of sp³-hybridized carbons (Fsp3) is 0.467. The minimum atomic E-state index is -0.0711. The summed E-state index contributed by atoms with van der Waals surface area (Å²) in [6.07, 6.45) is 1.67. The Bertz CT molecular complexity index is 510. The first-order valence-corrected chi connectivity index (χ1v) is 6.75. The molecule has 1 N–H and O–H groups in total. The number of nitriles is 1. The van der Waals surface area contributed by atoms with Crippen LogP contribution in [-0.2, 0) is 4.79 Å². The van der Waals surface area contributed by atoms with Gasteiger partial charge in [-0.2, -0.15) is 5.26 Å². The van der Waals surface area contributed by atoms with E-state index in [1.807, 2.05) is 6.07 Å². The maximum Gasteiger partial charge on any atom is 0.260 e. The molecule has 0 radical (unpaired) electrons. The number of aliphatic hydroxyl groups is 1. The van der Waals surface area contributed by atoms with E-state index < -0.39 is 0 Å². The molecule has 1 heterocycles. The molecule has 5 nitrogen and oxygen atoms in total. The summed E-state index contributed by atoms with van der Waals surface area (Å²) < 4.78 is 5.43. The zero-order chi connectivity index (χ0) is 14.4. The standard InChI is InChI=1S/C15H18N2O3/c16-9-13-3-1-2-4-14(13)20-11-15(19)17-7-5-12(10-17)6-8-18/h1-4,12,18H,5-8,10-11H2. The lowest BCUT2D eigenvalue weighted by Gasteiger charge is -2.17. The molecule has 1 saturated heterocycles. The molecular weight excluding hydrogens is 256 g/mol. The molecule has 0 saturated carbocycles. The van der Waals surface area contributed by atoms with Crippen LogP contribution in [0.3, 0.4) is 0 Å². The Morgan fingerprint density at radius 1 is 1.50 bits per heavy atom. The van der Waals surface area contributed by atoms with Crippen LogP contribution in [0.1, 0.15) is 18.4 Å². The van der Waals surface area contributed by atoms with Crippen molar-refractivity contribution in [2.75, 3.05) is 26.3 Å². The van der Waals surface area contributed by atoms with Gasteiger partial charge in [-0.15, -0.1) is 0 Å². The molecule has 0 spiro atoms. The topological polar surface area (TPSA) is 73.6 Å². The second-order valence-electron chi connectivity index (χ2n) is 4.90. The van der Waals surface area contributed by atoms with E-state index in [0.717, 1.165) is 12.8 Å². The van der Waals surface area contributed by atoms with E-state index in [4.69, 9.17) is 15.1 Å². The second-order valence-corrected chi connectivity index (χ2v) is 4.90. The number of ether oxygens (including phenoxy) is 1. The maximum atomic E-state index is 12.0. The fourth-order valence-corrected chi connectivity index (χ4v) is 2.39. The third kappa shape index (κ3) is 3.49. The Balaban J connectivity index is 1.85. The first kappa shape index (κ1) is 14.4. The molecule has 0 aromatic heterocycles. The number of benzene rings is 1. The molecular formula is C15H18N2O3. The smallest absolute Gasteiger partial charge is 0.260 e. The van der Waals surface area contributed by atoms with Crippen molar-refractivity contribution in [1.29, 1.82) is 5.26 Å². The summed E-state index contributed by atoms with van der Waals surface area (Å²) in [5.74, 6) is 0.753. The van der Waals surface area contributed by atoms with Crippen molar-refractivity contribution in [3.8, 4) is 11.8 Å². The van der Waals surface area contributed by atoms with Crippen LogP contribution in [0.25, 0.3) is 0 Å². The van der Waals surface area contributed by atoms with Gasteiger partial charge in [-0.25, -0.2) is 0 Å². The van der Waals surface area contributed by atoms with Gasteiger partial charge < -0.3 is 14.7 Å². The highest BCUT2D eigenvalue weighted by Gasteiger charge is 2.25. The monoisotopic (exact) mass is 274 g/mol. The molecule has 1 aliphatic rings. The number of nitrogens with zero attached hydrogens (tertiary/aromatic N) is 2. The van der Waals surface area contributed by atoms with Crippen molar-refractivity contribution < 1.29 is 14.6 Å². The first-order valence-electron chi connectivity index (χ1n) is 6.75. The van der Waals surface area contributed by atoms with Gasteiger partial charge in [0.1, 0.15) is 11.8 Å². The predicted octanol–water partition coefficient (Wildman–Crippen LogP) is 1.17. The van der Waals surface area contributed by atoms with Crippen LogP contribution in [0.4, 0.5) is 0 Å². The summed E-state index contributed by atoms with van der Waals surface area (Å²) in [7, 11) is 0. The Labute approximate surface area is 118 Å². The number of likely N-dealkylation sites (tertiary alicyclic amines) is 1. The largest absolute Gasteiger partial charge is 0.482 e. The highest BCUT2D eigenvalue weighted by atomic mass is 16.5. The summed E-state index contributed by atoms with van der Waals surface area (Å²) >= 11 is 0. The molecule has 1 unspecified atom stereocenters. The molecule has 0 bridgehead atoms. The van der Waals surface area contributed by atoms with Gasteiger partial charge in [0.05, 0.1) is 5.56 Å². The number of para-hydroxylation sites is 1. The van der Waals surface area contributed by atoms with E-state index in [2.05, 4.69) is 0 Å². The summed E-state index contributed by atoms with van der Waals surface area (Å²) in [6.45, 7) is 1.51. The van der Waals surface area contributed by atoms with Crippen molar-refractivity contribution in [3.63, 3.8) is 0 Å². The van der Waals surface area contributed by atoms with Gasteiger partial charge in [0.25, 0.3) is 5.91 Å². The third-order valence-electron chi connectivity index (χ3n) is 3.53. The van der Waals surface area contributed by atoms with E-state index in [-0.39, 0.29) is 19.1 Å². The van der Waals surface area contributed by atoms with Gasteiger partial charge in [0, 0.05) is 19.7 Å². The lowest BCUT2D eigenvalue weighted by atomic mass is 10.1. The normalized spacial score (nSPS) is 17.8. The van der Waals surface area contributed by atoms with E-state index in [1.165, 1.54) is 0 Å². The van der Waals surface area contributed by atoms with Gasteiger partial charge in [-0.3, -0.25) is 4.79 Å². The minimum absolute atomic E-state index is 0.0511. The molecule has 1 fully saturated rings. The highest BCUT2D eigenvalue weighted by Crippen LogP contribution is 2.20. The van der Waals surface area contributed by atoms with Crippen molar-refractivity contribution in [2.45, 2.75) is 12.8 Å². The molecule has 1 amide bonds. The first-order chi connectivity index (χ1) is 9.74. The Kier molecular flexibility index (Phi) is 4.97. The number of carbonyl (C=O) groups excluding carboxylic acids is 1. The third-order valence-corrected chi connectivity index (χ3v) is 3.53. The van der Waals surface area contributed by atoms with Crippen LogP contribution in [0.5, 0.6) is 5.75 Å². The van der Waals surface area contributed by atoms with Gasteiger partial charge in [-0.1, -0.05) is 12.1 Å². The van der Waals surface area contributed by atoms with Crippen LogP contribution in [0, 0.1) is 17.2 Å². The molecule has 1 aliphatic heterocycles. The Morgan fingerprint density at radius 2 is 2.30 bits per heavy atom. The van der Waals surface area contributed by atoms with Crippen LogP contribution in [0.2, 0.25) is 0 Å². The average molecular weight is 274 g/mol. The molecule has 1 atom stereocenters. The molecule has 0 aliphatic carbocycles. The molecule has 1 aromatic rings. The SMILES string of the molecule is N#Cc1ccccc1OCC(=O)N1CCC(CCO)C1. The molecule has 5 heteroatoms. The van der Waals surface area contributed by atoms with Crippen molar-refractivity contribution in [1.82, 2.24) is 4.90 Å². The predicted molar refractivity (Wildman–Crippen MR) is 73.0 cm³/mol. The average Bonchev–Trinajstić information content (AvgIpc) is 2.94. The van der Waals surface area contributed by atoms with Gasteiger partial charge in [-0.05, 0) is 30.9 Å². The Hall–Kier alpha value is -2.06. The van der Waals surface area contributed by atoms with Crippen LogP contribution in [-0.4, -0.2) is 42.2 Å². The fourth-order valence-electron chi connectivity index (χ4n) is 2.39. The Morgan fingerprint density at radius 3 is 3.05 bits per heavy atom. The van der Waals surface area contributed by atoms with Crippen molar-refractivity contribution >= 4 is 5.91 Å². The quantitative estimate of drug-likeness (QED) is 0.874. The second kappa shape index (κ2) is 6.92. The lowest BCUT2D eigenvalue weighted by Crippen LogP contribution is -2.33. The van der Waals surface area contributed by atoms with E-state index >= 15 is 0 Å². The summed E-state index contributed by atoms with van der Waals surface area (Å²) in [4.78, 5) is 13.8. The highest BCUT2D eigenvalue weighted by molar-refractivity contribution is 5.78. The number of hydrogen-bond acceptors (Lipinski definition) is 4. The molecule has 1 aromatic carbocycles. The molecule has 106 valence electrons. The zero-order valence-electron chi connectivity index (χ0n) is 11.3. The summed E-state index contributed by atoms with van der Waals surface area (Å²) in [6, 6.07) is 8.91. The lowest BCUT2D eigenvalue weighted by molar-refractivity contribution is -0.132. The number of hydrogen-bond donors (Lipinski definition) is 1. The maximum absolute atomic E-state index is 12.0. The van der Waals surface area contributed by atoms with E-state index in [1.54, 1.807) is 29.2 Å². The summed E-state index contributed by atoms with van der Waals surface area (Å²) in [5.41, 5.74) is 0.430. The molecule has 20 heavy (non-hydrogen) atoms. The zero-order valence-corrected chi connectivity index (χ0v) is 11.3. The van der Waals surface area contributed by atoms with Crippen LogP contribution < -0.4 is 4.74 Å². The number of carbonyl (C=O) groups is 1. The van der Waals surface area contributed by atoms with E-state index in [9.17, 15) is 4.79 Å². The van der Waals surface area contributed by atoms with Gasteiger partial charge in [0.15, 0.2) is 6.61 Å². The van der Waals surface area contributed by atoms with Crippen molar-refractivity contribution in [3.05, 3.63) is 29.8 Å². The van der Waals surface area contributed by atoms with Gasteiger partial charge in [0.2, 0.25) is 0 Å². The van der Waals surface area contributed by atoms with Crippen LogP contribution >= 0.6 is 0 Å². The van der Waals surface area contributed by atoms with E-state index in [0.29, 0.717) is 30.3 Å². The molecule has 2 rings (SSSR count). The number of rotatable bonds is 5. The van der Waals surface area contributed by atoms with Crippen LogP contribution in [0.15, 0.2) is 24.3 Å². The number of amides is 1. The minimum Gasteiger partial charge on any atom is -0.482 e.